The highest BCUT2D eigenvalue weighted by Gasteiger charge is 2.31. The minimum absolute atomic E-state index is 0.168. The molecule has 0 saturated carbocycles. The Kier molecular flexibility index (Phi) is 6.29. The maximum Gasteiger partial charge on any atom is 0.0349 e. The fraction of sp³-hybridized carbons (Fsp3) is 0.385. The van der Waals surface area contributed by atoms with Crippen LogP contribution in [0.15, 0.2) is 60.2 Å². The van der Waals surface area contributed by atoms with E-state index in [1.807, 2.05) is 13.8 Å². The second-order valence-corrected chi connectivity index (χ2v) is 7.86. The Bertz CT molecular complexity index is 826. The number of allylic oxidation sites excluding steroid dienone is 4. The van der Waals surface area contributed by atoms with Gasteiger partial charge in [0, 0.05) is 5.92 Å². The van der Waals surface area contributed by atoms with Crippen molar-refractivity contribution < 1.29 is 0 Å². The number of fused-ring (bicyclic) bond motifs is 3. The molecular weight excluding hydrogens is 312 g/mol. The van der Waals surface area contributed by atoms with Crippen molar-refractivity contribution >= 4 is 0 Å². The van der Waals surface area contributed by atoms with Gasteiger partial charge in [-0.05, 0) is 59.6 Å². The molecule has 1 atom stereocenters. The van der Waals surface area contributed by atoms with E-state index < -0.39 is 0 Å². The molecule has 0 fully saturated rings. The first kappa shape index (κ1) is 20.2. The van der Waals surface area contributed by atoms with Gasteiger partial charge in [0.05, 0.1) is 0 Å². The molecule has 0 saturated heterocycles. The summed E-state index contributed by atoms with van der Waals surface area (Å²) in [6.07, 6.45) is 6.67. The summed E-state index contributed by atoms with van der Waals surface area (Å²) in [6, 6.07) is 14.0. The number of hydrogen-bond donors (Lipinski definition) is 0. The van der Waals surface area contributed by atoms with Crippen LogP contribution in [-0.4, -0.2) is 0 Å². The van der Waals surface area contributed by atoms with E-state index in [4.69, 9.17) is 0 Å². The maximum atomic E-state index is 2.43. The summed E-state index contributed by atoms with van der Waals surface area (Å²) >= 11 is 0. The van der Waals surface area contributed by atoms with Gasteiger partial charge in [-0.15, -0.1) is 0 Å². The summed E-state index contributed by atoms with van der Waals surface area (Å²) in [4.78, 5) is 0. The standard InChI is InChI=1S/C24H28.C2H6/c1-7-9-17(8-2)23-21-14-16(3)10-12-19(21)20-13-11-18(15-22(20)23)24(4,5)6;1-2/h7-15,23H,1-6H3;1-2H3/b9-7-,17-8+;. The van der Waals surface area contributed by atoms with Crippen LogP contribution in [0.2, 0.25) is 0 Å². The van der Waals surface area contributed by atoms with Gasteiger partial charge < -0.3 is 0 Å². The van der Waals surface area contributed by atoms with E-state index in [2.05, 4.69) is 96.2 Å². The van der Waals surface area contributed by atoms with Crippen molar-refractivity contribution in [2.24, 2.45) is 0 Å². The monoisotopic (exact) mass is 346 g/mol. The van der Waals surface area contributed by atoms with Crippen molar-refractivity contribution in [2.75, 3.05) is 0 Å². The fourth-order valence-electron chi connectivity index (χ4n) is 3.76. The third-order valence-corrected chi connectivity index (χ3v) is 5.06. The summed E-state index contributed by atoms with van der Waals surface area (Å²) in [6.45, 7) is 17.3. The van der Waals surface area contributed by atoms with Gasteiger partial charge in [0.1, 0.15) is 0 Å². The van der Waals surface area contributed by atoms with Crippen LogP contribution >= 0.6 is 0 Å². The normalized spacial score (nSPS) is 16.2. The van der Waals surface area contributed by atoms with Gasteiger partial charge in [-0.3, -0.25) is 0 Å². The van der Waals surface area contributed by atoms with Crippen LogP contribution in [0.25, 0.3) is 11.1 Å². The lowest BCUT2D eigenvalue weighted by Gasteiger charge is -2.22. The second kappa shape index (κ2) is 8.08. The molecule has 0 heteroatoms. The Labute approximate surface area is 160 Å². The van der Waals surface area contributed by atoms with Gasteiger partial charge in [-0.25, -0.2) is 0 Å². The first-order chi connectivity index (χ1) is 12.4. The molecule has 2 aromatic carbocycles. The van der Waals surface area contributed by atoms with Gasteiger partial charge >= 0.3 is 0 Å². The Balaban J connectivity index is 0.00000117. The molecule has 1 unspecified atom stereocenters. The summed E-state index contributed by atoms with van der Waals surface area (Å²) < 4.78 is 0. The van der Waals surface area contributed by atoms with E-state index in [0.29, 0.717) is 5.92 Å². The molecule has 1 aliphatic carbocycles. The van der Waals surface area contributed by atoms with Crippen molar-refractivity contribution in [1.82, 2.24) is 0 Å². The molecule has 0 heterocycles. The predicted octanol–water partition coefficient (Wildman–Crippen LogP) is 7.95. The average Bonchev–Trinajstić information content (AvgIpc) is 2.93. The molecule has 2 aromatic rings. The van der Waals surface area contributed by atoms with E-state index in [1.54, 1.807) is 0 Å². The largest absolute Gasteiger partial charge is 0.0874 e. The first-order valence-electron chi connectivity index (χ1n) is 9.91. The lowest BCUT2D eigenvalue weighted by atomic mass is 9.82. The average molecular weight is 347 g/mol. The molecule has 3 rings (SSSR count). The van der Waals surface area contributed by atoms with Crippen molar-refractivity contribution in [3.05, 3.63) is 82.5 Å². The van der Waals surface area contributed by atoms with Crippen LogP contribution in [0.3, 0.4) is 0 Å². The Morgan fingerprint density at radius 2 is 1.46 bits per heavy atom. The lowest BCUT2D eigenvalue weighted by Crippen LogP contribution is -2.12. The number of aryl methyl sites for hydroxylation is 1. The quantitative estimate of drug-likeness (QED) is 0.484. The van der Waals surface area contributed by atoms with E-state index in [9.17, 15) is 0 Å². The highest BCUT2D eigenvalue weighted by atomic mass is 14.3. The van der Waals surface area contributed by atoms with E-state index in [1.165, 1.54) is 39.0 Å². The number of benzene rings is 2. The summed E-state index contributed by atoms with van der Waals surface area (Å²) in [7, 11) is 0. The van der Waals surface area contributed by atoms with Crippen molar-refractivity contribution in [3.63, 3.8) is 0 Å². The summed E-state index contributed by atoms with van der Waals surface area (Å²) in [5.74, 6) is 0.346. The molecular formula is C26H34. The second-order valence-electron chi connectivity index (χ2n) is 7.86. The van der Waals surface area contributed by atoms with Gasteiger partial charge in [0.2, 0.25) is 0 Å². The van der Waals surface area contributed by atoms with Crippen LogP contribution in [0, 0.1) is 6.92 Å². The Morgan fingerprint density at radius 1 is 0.885 bits per heavy atom. The fourth-order valence-corrected chi connectivity index (χ4v) is 3.76. The predicted molar refractivity (Wildman–Crippen MR) is 117 cm³/mol. The van der Waals surface area contributed by atoms with Gasteiger partial charge in [-0.2, -0.15) is 0 Å². The maximum absolute atomic E-state index is 2.43. The topological polar surface area (TPSA) is 0 Å². The lowest BCUT2D eigenvalue weighted by molar-refractivity contribution is 0.589. The zero-order valence-corrected chi connectivity index (χ0v) is 17.8. The van der Waals surface area contributed by atoms with Crippen molar-refractivity contribution in [1.29, 1.82) is 0 Å². The highest BCUT2D eigenvalue weighted by molar-refractivity contribution is 5.81. The molecule has 1 aliphatic rings. The van der Waals surface area contributed by atoms with Gasteiger partial charge in [0.15, 0.2) is 0 Å². The van der Waals surface area contributed by atoms with Crippen LogP contribution < -0.4 is 0 Å². The summed E-state index contributed by atoms with van der Waals surface area (Å²) in [5, 5.41) is 0. The van der Waals surface area contributed by atoms with Crippen LogP contribution in [-0.2, 0) is 5.41 Å². The molecule has 26 heavy (non-hydrogen) atoms. The third kappa shape index (κ3) is 3.70. The zero-order chi connectivity index (χ0) is 19.5. The minimum Gasteiger partial charge on any atom is -0.0874 e. The smallest absolute Gasteiger partial charge is 0.0349 e. The molecule has 0 amide bonds. The van der Waals surface area contributed by atoms with Crippen LogP contribution in [0.5, 0.6) is 0 Å². The molecule has 0 spiro atoms. The minimum atomic E-state index is 0.168. The molecule has 0 radical (unpaired) electrons. The van der Waals surface area contributed by atoms with Gasteiger partial charge in [-0.1, -0.05) is 94.8 Å². The number of rotatable bonds is 2. The van der Waals surface area contributed by atoms with E-state index in [-0.39, 0.29) is 5.41 Å². The summed E-state index contributed by atoms with van der Waals surface area (Å²) in [5.41, 5.74) is 9.98. The Morgan fingerprint density at radius 3 is 2.00 bits per heavy atom. The molecule has 0 aromatic heterocycles. The SMILES string of the molecule is C/C=C\C(=C/C)C1c2cc(C)ccc2-c2ccc(C(C)(C)C)cc21.CC. The van der Waals surface area contributed by atoms with E-state index >= 15 is 0 Å². The molecule has 0 N–H and O–H groups in total. The number of hydrogen-bond acceptors (Lipinski definition) is 0. The zero-order valence-electron chi connectivity index (χ0n) is 17.8. The van der Waals surface area contributed by atoms with Crippen molar-refractivity contribution in [3.8, 4) is 11.1 Å². The molecule has 0 nitrogen and oxygen atoms in total. The van der Waals surface area contributed by atoms with Crippen molar-refractivity contribution in [2.45, 2.75) is 66.7 Å². The molecule has 138 valence electrons. The molecule has 0 bridgehead atoms. The first-order valence-corrected chi connectivity index (χ1v) is 9.91. The van der Waals surface area contributed by atoms with Crippen LogP contribution in [0.1, 0.15) is 76.6 Å². The van der Waals surface area contributed by atoms with E-state index in [0.717, 1.165) is 0 Å². The molecule has 0 aliphatic heterocycles. The third-order valence-electron chi connectivity index (χ3n) is 5.06. The van der Waals surface area contributed by atoms with Crippen LogP contribution in [0.4, 0.5) is 0 Å². The Hall–Kier alpha value is -2.08. The van der Waals surface area contributed by atoms with Gasteiger partial charge in [0.25, 0.3) is 0 Å². The highest BCUT2D eigenvalue weighted by Crippen LogP contribution is 2.49.